The number of rotatable bonds is 5. The number of carbonyl (C=O) groups is 1. The molecule has 0 saturated carbocycles. The summed E-state index contributed by atoms with van der Waals surface area (Å²) < 4.78 is 0. The highest BCUT2D eigenvalue weighted by molar-refractivity contribution is 5.95. The Hall–Kier alpha value is -4.20. The van der Waals surface area contributed by atoms with Crippen molar-refractivity contribution < 1.29 is 4.79 Å². The van der Waals surface area contributed by atoms with E-state index in [4.69, 9.17) is 4.98 Å². The lowest BCUT2D eigenvalue weighted by molar-refractivity contribution is 0.0706. The number of pyridine rings is 1. The van der Waals surface area contributed by atoms with E-state index in [1.807, 2.05) is 54.4 Å². The quantitative estimate of drug-likeness (QED) is 0.439. The lowest BCUT2D eigenvalue weighted by atomic mass is 9.89. The van der Waals surface area contributed by atoms with E-state index in [1.165, 1.54) is 6.33 Å². The topological polar surface area (TPSA) is 88.0 Å². The molecule has 1 aliphatic rings. The highest BCUT2D eigenvalue weighted by Gasteiger charge is 2.29. The highest BCUT2D eigenvalue weighted by atomic mass is 16.2. The molecule has 0 spiro atoms. The summed E-state index contributed by atoms with van der Waals surface area (Å²) in [6.07, 6.45) is 10.3. The van der Waals surface area contributed by atoms with Crippen LogP contribution in [0, 0.1) is 0 Å². The van der Waals surface area contributed by atoms with E-state index >= 15 is 0 Å². The van der Waals surface area contributed by atoms with Gasteiger partial charge in [-0.3, -0.25) is 9.78 Å². The molecule has 8 nitrogen and oxygen atoms in total. The lowest BCUT2D eigenvalue weighted by Crippen LogP contribution is -2.39. The van der Waals surface area contributed by atoms with Gasteiger partial charge in [0.15, 0.2) is 0 Å². The maximum absolute atomic E-state index is 13.5. The summed E-state index contributed by atoms with van der Waals surface area (Å²) in [7, 11) is 3.88. The summed E-state index contributed by atoms with van der Waals surface area (Å²) in [6, 6.07) is 13.8. The van der Waals surface area contributed by atoms with Crippen LogP contribution in [0.25, 0.3) is 22.4 Å². The van der Waals surface area contributed by atoms with E-state index in [9.17, 15) is 4.79 Å². The monoisotopic (exact) mass is 465 g/mol. The van der Waals surface area contributed by atoms with Gasteiger partial charge in [-0.1, -0.05) is 30.3 Å². The number of carbonyl (C=O) groups excluding carboxylic acids is 1. The van der Waals surface area contributed by atoms with Crippen molar-refractivity contribution in [2.24, 2.45) is 0 Å². The second-order valence-corrected chi connectivity index (χ2v) is 8.88. The molecule has 4 heterocycles. The molecule has 1 amide bonds. The number of hydrogen-bond acceptors (Lipinski definition) is 7. The van der Waals surface area contributed by atoms with Gasteiger partial charge >= 0.3 is 0 Å². The maximum atomic E-state index is 13.5. The third-order valence-corrected chi connectivity index (χ3v) is 6.25. The Morgan fingerprint density at radius 3 is 2.57 bits per heavy atom. The van der Waals surface area contributed by atoms with Gasteiger partial charge in [0.25, 0.3) is 5.91 Å². The van der Waals surface area contributed by atoms with E-state index in [2.05, 4.69) is 32.1 Å². The second-order valence-electron chi connectivity index (χ2n) is 8.88. The Bertz CT molecular complexity index is 1310. The molecule has 1 aromatic carbocycles. The first kappa shape index (κ1) is 22.6. The number of benzene rings is 1. The second kappa shape index (κ2) is 9.97. The predicted molar refractivity (Wildman–Crippen MR) is 135 cm³/mol. The number of amides is 1. The van der Waals surface area contributed by atoms with Crippen molar-refractivity contribution >= 4 is 11.9 Å². The summed E-state index contributed by atoms with van der Waals surface area (Å²) in [5.74, 6) is 0.791. The predicted octanol–water partition coefficient (Wildman–Crippen LogP) is 4.08. The van der Waals surface area contributed by atoms with Crippen LogP contribution in [0.4, 0.5) is 5.95 Å². The summed E-state index contributed by atoms with van der Waals surface area (Å²) in [4.78, 5) is 39.4. The van der Waals surface area contributed by atoms with Gasteiger partial charge in [0.05, 0.1) is 11.4 Å². The zero-order valence-electron chi connectivity index (χ0n) is 19.9. The number of likely N-dealkylation sites (tertiary alicyclic amines) is 1. The molecular formula is C27H27N7O. The van der Waals surface area contributed by atoms with Gasteiger partial charge < -0.3 is 9.80 Å². The number of nitrogens with zero attached hydrogens (tertiary/aromatic N) is 7. The smallest absolute Gasteiger partial charge is 0.254 e. The zero-order chi connectivity index (χ0) is 24.2. The Balaban J connectivity index is 1.44. The molecule has 5 rings (SSSR count). The Morgan fingerprint density at radius 2 is 1.80 bits per heavy atom. The van der Waals surface area contributed by atoms with Gasteiger partial charge in [0.1, 0.15) is 6.33 Å². The normalized spacial score (nSPS) is 15.6. The molecular weight excluding hydrogens is 438 g/mol. The molecule has 1 aliphatic heterocycles. The lowest BCUT2D eigenvalue weighted by Gasteiger charge is -2.33. The molecule has 1 fully saturated rings. The summed E-state index contributed by atoms with van der Waals surface area (Å²) in [6.45, 7) is 1.32. The van der Waals surface area contributed by atoms with Crippen LogP contribution in [0.5, 0.6) is 0 Å². The van der Waals surface area contributed by atoms with Crippen LogP contribution >= 0.6 is 0 Å². The number of aromatic nitrogens is 5. The number of piperidine rings is 1. The van der Waals surface area contributed by atoms with Gasteiger partial charge in [-0.05, 0) is 30.5 Å². The van der Waals surface area contributed by atoms with E-state index < -0.39 is 0 Å². The van der Waals surface area contributed by atoms with Crippen molar-refractivity contribution in [1.82, 2.24) is 29.8 Å². The van der Waals surface area contributed by atoms with Crippen molar-refractivity contribution in [3.63, 3.8) is 0 Å². The summed E-state index contributed by atoms with van der Waals surface area (Å²) in [5, 5.41) is 0. The van der Waals surface area contributed by atoms with E-state index in [0.717, 1.165) is 35.2 Å². The van der Waals surface area contributed by atoms with Crippen LogP contribution in [-0.2, 0) is 0 Å². The largest absolute Gasteiger partial charge is 0.347 e. The van der Waals surface area contributed by atoms with Gasteiger partial charge in [-0.15, -0.1) is 0 Å². The van der Waals surface area contributed by atoms with Gasteiger partial charge in [0.2, 0.25) is 5.95 Å². The van der Waals surface area contributed by atoms with Gasteiger partial charge in [0, 0.05) is 74.6 Å². The minimum Gasteiger partial charge on any atom is -0.347 e. The molecule has 0 unspecified atom stereocenters. The van der Waals surface area contributed by atoms with Crippen molar-refractivity contribution in [3.05, 3.63) is 84.8 Å². The highest BCUT2D eigenvalue weighted by Crippen LogP contribution is 2.34. The average molecular weight is 466 g/mol. The first-order valence-corrected chi connectivity index (χ1v) is 11.7. The van der Waals surface area contributed by atoms with Crippen LogP contribution in [0.2, 0.25) is 0 Å². The Labute approximate surface area is 204 Å². The summed E-state index contributed by atoms with van der Waals surface area (Å²) >= 11 is 0. The molecule has 3 aromatic heterocycles. The molecule has 0 bridgehead atoms. The number of anilines is 1. The summed E-state index contributed by atoms with van der Waals surface area (Å²) in [5.41, 5.74) is 5.17. The van der Waals surface area contributed by atoms with Crippen LogP contribution < -0.4 is 4.90 Å². The zero-order valence-corrected chi connectivity index (χ0v) is 19.9. The first-order chi connectivity index (χ1) is 17.1. The fourth-order valence-corrected chi connectivity index (χ4v) is 4.47. The van der Waals surface area contributed by atoms with E-state index in [0.29, 0.717) is 30.3 Å². The van der Waals surface area contributed by atoms with Crippen LogP contribution in [0.3, 0.4) is 0 Å². The minimum atomic E-state index is -0.00153. The molecule has 0 aliphatic carbocycles. The van der Waals surface area contributed by atoms with Crippen LogP contribution in [0.1, 0.15) is 34.8 Å². The van der Waals surface area contributed by atoms with Crippen molar-refractivity contribution in [3.8, 4) is 22.4 Å². The Kier molecular flexibility index (Phi) is 6.43. The van der Waals surface area contributed by atoms with Gasteiger partial charge in [-0.2, -0.15) is 0 Å². The third-order valence-electron chi connectivity index (χ3n) is 6.25. The molecule has 1 atom stereocenters. The van der Waals surface area contributed by atoms with E-state index in [1.54, 1.807) is 24.7 Å². The molecule has 0 N–H and O–H groups in total. The Morgan fingerprint density at radius 1 is 1.00 bits per heavy atom. The molecule has 176 valence electrons. The van der Waals surface area contributed by atoms with Crippen molar-refractivity contribution in [2.75, 3.05) is 32.1 Å². The van der Waals surface area contributed by atoms with Crippen molar-refractivity contribution in [2.45, 2.75) is 18.8 Å². The van der Waals surface area contributed by atoms with E-state index in [-0.39, 0.29) is 11.8 Å². The SMILES string of the molecule is CN(C)c1ncc(-c2ccccc2)c([C@H]2CCCN(C(=O)c3ccnc(-c4cncnc4)c3)C2)n1. The fraction of sp³-hybridized carbons (Fsp3) is 0.259. The molecule has 8 heteroatoms. The first-order valence-electron chi connectivity index (χ1n) is 11.7. The minimum absolute atomic E-state index is 0.00153. The van der Waals surface area contributed by atoms with Crippen LogP contribution in [0.15, 0.2) is 73.6 Å². The standard InChI is InChI=1S/C27H27N7O/c1-33(2)27-31-16-23(19-7-4-3-5-8-19)25(32-27)21-9-6-12-34(17-21)26(35)20-10-11-30-24(13-20)22-14-28-18-29-15-22/h3-5,7-8,10-11,13-16,18,21H,6,9,12,17H2,1-2H3/t21-/m0/s1. The van der Waals surface area contributed by atoms with Gasteiger partial charge in [-0.25, -0.2) is 19.9 Å². The molecule has 1 saturated heterocycles. The maximum Gasteiger partial charge on any atom is 0.254 e. The van der Waals surface area contributed by atoms with Crippen molar-refractivity contribution in [1.29, 1.82) is 0 Å². The molecule has 4 aromatic rings. The fourth-order valence-electron chi connectivity index (χ4n) is 4.47. The third kappa shape index (κ3) is 4.87. The molecule has 0 radical (unpaired) electrons. The van der Waals surface area contributed by atoms with Crippen LogP contribution in [-0.4, -0.2) is 62.9 Å². The average Bonchev–Trinajstić information content (AvgIpc) is 2.93. The molecule has 35 heavy (non-hydrogen) atoms. The number of hydrogen-bond donors (Lipinski definition) is 0.